The summed E-state index contributed by atoms with van der Waals surface area (Å²) >= 11 is 0. The second-order valence-electron chi connectivity index (χ2n) is 7.03. The lowest BCUT2D eigenvalue weighted by Gasteiger charge is -2.22. The molecule has 30 heavy (non-hydrogen) atoms. The van der Waals surface area contributed by atoms with Gasteiger partial charge in [-0.2, -0.15) is 0 Å². The highest BCUT2D eigenvalue weighted by Crippen LogP contribution is 2.30. The lowest BCUT2D eigenvalue weighted by Crippen LogP contribution is -2.44. The van der Waals surface area contributed by atoms with Gasteiger partial charge in [-0.05, 0) is 43.3 Å². The van der Waals surface area contributed by atoms with Crippen molar-refractivity contribution in [2.24, 2.45) is 4.99 Å². The van der Waals surface area contributed by atoms with Crippen molar-refractivity contribution in [3.05, 3.63) is 54.1 Å². The zero-order valence-electron chi connectivity index (χ0n) is 17.6. The normalized spacial score (nSPS) is 17.1. The monoisotopic (exact) mass is 431 g/mol. The van der Waals surface area contributed by atoms with E-state index in [1.807, 2.05) is 18.2 Å². The molecule has 3 N–H and O–H groups in total. The minimum absolute atomic E-state index is 0.249. The Kier molecular flexibility index (Phi) is 7.17. The molecule has 0 radical (unpaired) electrons. The van der Waals surface area contributed by atoms with Crippen LogP contribution in [0.5, 0.6) is 5.75 Å². The number of hydrogen-bond donors (Lipinski definition) is 3. The van der Waals surface area contributed by atoms with E-state index in [4.69, 9.17) is 4.74 Å². The second kappa shape index (κ2) is 9.82. The van der Waals surface area contributed by atoms with Crippen LogP contribution >= 0.6 is 0 Å². The van der Waals surface area contributed by atoms with Gasteiger partial charge in [0.2, 0.25) is 10.0 Å². The van der Waals surface area contributed by atoms with Gasteiger partial charge in [-0.1, -0.05) is 24.3 Å². The van der Waals surface area contributed by atoms with Crippen LogP contribution in [0.25, 0.3) is 0 Å². The van der Waals surface area contributed by atoms with Gasteiger partial charge in [-0.3, -0.25) is 4.99 Å². The molecule has 1 saturated heterocycles. The standard InChI is InChI=1S/C21H29N5O3S/c1-22-21(24-14-16-8-10-18(11-9-16)30(27,28)23-2)25-17-12-13-26(15-17)19-6-4-5-7-20(19)29-3/h4-11,17,23H,12-15H2,1-3H3,(H2,22,24,25). The van der Waals surface area contributed by atoms with E-state index in [1.54, 1.807) is 38.4 Å². The maximum Gasteiger partial charge on any atom is 0.240 e. The smallest absolute Gasteiger partial charge is 0.240 e. The molecule has 0 aliphatic carbocycles. The first kappa shape index (κ1) is 21.9. The molecular formula is C21H29N5O3S. The molecule has 0 bridgehead atoms. The highest BCUT2D eigenvalue weighted by Gasteiger charge is 2.25. The number of sulfonamides is 1. The molecule has 1 heterocycles. The average molecular weight is 432 g/mol. The number of nitrogens with one attached hydrogen (secondary N) is 3. The summed E-state index contributed by atoms with van der Waals surface area (Å²) in [6.45, 7) is 2.34. The van der Waals surface area contributed by atoms with E-state index in [-0.39, 0.29) is 10.9 Å². The van der Waals surface area contributed by atoms with Crippen LogP contribution < -0.4 is 25.0 Å². The number of benzene rings is 2. The van der Waals surface area contributed by atoms with Crippen molar-refractivity contribution in [3.63, 3.8) is 0 Å². The van der Waals surface area contributed by atoms with E-state index < -0.39 is 10.0 Å². The zero-order valence-corrected chi connectivity index (χ0v) is 18.4. The first-order valence-corrected chi connectivity index (χ1v) is 11.3. The van der Waals surface area contributed by atoms with Crippen LogP contribution in [0.15, 0.2) is 58.4 Å². The van der Waals surface area contributed by atoms with Crippen molar-refractivity contribution < 1.29 is 13.2 Å². The minimum atomic E-state index is -3.42. The Morgan fingerprint density at radius 1 is 1.20 bits per heavy atom. The van der Waals surface area contributed by atoms with E-state index >= 15 is 0 Å². The molecule has 9 heteroatoms. The number of guanidine groups is 1. The van der Waals surface area contributed by atoms with Crippen LogP contribution in [-0.4, -0.2) is 54.7 Å². The second-order valence-corrected chi connectivity index (χ2v) is 8.91. The molecular weight excluding hydrogens is 402 g/mol. The first-order chi connectivity index (χ1) is 14.5. The highest BCUT2D eigenvalue weighted by molar-refractivity contribution is 7.89. The van der Waals surface area contributed by atoms with Crippen LogP contribution in [-0.2, 0) is 16.6 Å². The largest absolute Gasteiger partial charge is 0.495 e. The van der Waals surface area contributed by atoms with Gasteiger partial charge >= 0.3 is 0 Å². The number of methoxy groups -OCH3 is 1. The van der Waals surface area contributed by atoms with Crippen molar-refractivity contribution >= 4 is 21.7 Å². The molecule has 0 amide bonds. The summed E-state index contributed by atoms with van der Waals surface area (Å²) in [6.07, 6.45) is 0.995. The number of rotatable bonds is 7. The lowest BCUT2D eigenvalue weighted by molar-refractivity contribution is 0.415. The van der Waals surface area contributed by atoms with Crippen LogP contribution in [0.2, 0.25) is 0 Å². The van der Waals surface area contributed by atoms with Crippen LogP contribution in [0.4, 0.5) is 5.69 Å². The van der Waals surface area contributed by atoms with E-state index in [0.717, 1.165) is 36.5 Å². The lowest BCUT2D eigenvalue weighted by atomic mass is 10.2. The Bertz CT molecular complexity index is 976. The third-order valence-corrected chi connectivity index (χ3v) is 6.57. The summed E-state index contributed by atoms with van der Waals surface area (Å²) in [5.41, 5.74) is 2.07. The van der Waals surface area contributed by atoms with Gasteiger partial charge in [-0.15, -0.1) is 0 Å². The number of para-hydroxylation sites is 2. The topological polar surface area (TPSA) is 95.1 Å². The fourth-order valence-electron chi connectivity index (χ4n) is 3.47. The van der Waals surface area contributed by atoms with Crippen molar-refractivity contribution in [1.29, 1.82) is 0 Å². The van der Waals surface area contributed by atoms with Gasteiger partial charge in [0.25, 0.3) is 0 Å². The van der Waals surface area contributed by atoms with Crippen LogP contribution in [0.1, 0.15) is 12.0 Å². The molecule has 1 aliphatic heterocycles. The Hall–Kier alpha value is -2.78. The third-order valence-electron chi connectivity index (χ3n) is 5.14. The number of nitrogens with zero attached hydrogens (tertiary/aromatic N) is 2. The maximum absolute atomic E-state index is 11.8. The highest BCUT2D eigenvalue weighted by atomic mass is 32.2. The number of hydrogen-bond acceptors (Lipinski definition) is 5. The Morgan fingerprint density at radius 3 is 2.60 bits per heavy atom. The van der Waals surface area contributed by atoms with Crippen molar-refractivity contribution in [3.8, 4) is 5.75 Å². The predicted octanol–water partition coefficient (Wildman–Crippen LogP) is 1.55. The molecule has 162 valence electrons. The quantitative estimate of drug-likeness (QED) is 0.455. The zero-order chi connectivity index (χ0) is 21.6. The number of ether oxygens (including phenoxy) is 1. The van der Waals surface area contributed by atoms with Gasteiger partial charge in [0.05, 0.1) is 17.7 Å². The summed E-state index contributed by atoms with van der Waals surface area (Å²) in [6, 6.07) is 15.1. The Labute approximate surface area is 178 Å². The molecule has 0 aromatic heterocycles. The summed E-state index contributed by atoms with van der Waals surface area (Å²) in [7, 11) is 1.41. The number of aliphatic imine (C=N–C) groups is 1. The first-order valence-electron chi connectivity index (χ1n) is 9.84. The average Bonchev–Trinajstić information content (AvgIpc) is 3.25. The van der Waals surface area contributed by atoms with E-state index in [2.05, 4.69) is 31.3 Å². The fraction of sp³-hybridized carbons (Fsp3) is 0.381. The van der Waals surface area contributed by atoms with Gasteiger partial charge in [-0.25, -0.2) is 13.1 Å². The molecule has 0 spiro atoms. The summed E-state index contributed by atoms with van der Waals surface area (Å²) in [4.78, 5) is 6.87. The van der Waals surface area contributed by atoms with Crippen molar-refractivity contribution in [2.75, 3.05) is 39.2 Å². The van der Waals surface area contributed by atoms with E-state index in [1.165, 1.54) is 7.05 Å². The van der Waals surface area contributed by atoms with E-state index in [9.17, 15) is 8.42 Å². The molecule has 8 nitrogen and oxygen atoms in total. The third kappa shape index (κ3) is 5.22. The van der Waals surface area contributed by atoms with Crippen molar-refractivity contribution in [1.82, 2.24) is 15.4 Å². The molecule has 0 saturated carbocycles. The molecule has 2 aromatic rings. The molecule has 3 rings (SSSR count). The van der Waals surface area contributed by atoms with Gasteiger partial charge in [0.1, 0.15) is 5.75 Å². The number of anilines is 1. The summed E-state index contributed by atoms with van der Waals surface area (Å²) in [5, 5.41) is 6.76. The predicted molar refractivity (Wildman–Crippen MR) is 120 cm³/mol. The maximum atomic E-state index is 11.8. The molecule has 1 atom stereocenters. The Morgan fingerprint density at radius 2 is 1.93 bits per heavy atom. The van der Waals surface area contributed by atoms with Gasteiger partial charge in [0, 0.05) is 32.7 Å². The van der Waals surface area contributed by atoms with E-state index in [0.29, 0.717) is 12.5 Å². The SMILES string of the molecule is CN=C(NCc1ccc(S(=O)(=O)NC)cc1)NC1CCN(c2ccccc2OC)C1. The minimum Gasteiger partial charge on any atom is -0.495 e. The molecule has 1 unspecified atom stereocenters. The van der Waals surface area contributed by atoms with Gasteiger partial charge in [0.15, 0.2) is 5.96 Å². The van der Waals surface area contributed by atoms with Crippen LogP contribution in [0, 0.1) is 0 Å². The summed E-state index contributed by atoms with van der Waals surface area (Å²) < 4.78 is 31.4. The molecule has 1 fully saturated rings. The van der Waals surface area contributed by atoms with Gasteiger partial charge < -0.3 is 20.3 Å². The molecule has 1 aliphatic rings. The fourth-order valence-corrected chi connectivity index (χ4v) is 4.20. The summed E-state index contributed by atoms with van der Waals surface area (Å²) in [5.74, 6) is 1.60. The Balaban J connectivity index is 1.54. The molecule has 2 aromatic carbocycles. The van der Waals surface area contributed by atoms with Crippen molar-refractivity contribution in [2.45, 2.75) is 23.9 Å². The van der Waals surface area contributed by atoms with Crippen LogP contribution in [0.3, 0.4) is 0 Å².